The average Bonchev–Trinajstić information content (AvgIpc) is 2.15. The van der Waals surface area contributed by atoms with Gasteiger partial charge in [-0.25, -0.2) is 0 Å². The Balaban J connectivity index is 2.24. The van der Waals surface area contributed by atoms with E-state index in [1.165, 1.54) is 0 Å². The van der Waals surface area contributed by atoms with Gasteiger partial charge >= 0.3 is 0 Å². The van der Waals surface area contributed by atoms with Crippen LogP contribution >= 0.6 is 0 Å². The van der Waals surface area contributed by atoms with E-state index in [-0.39, 0.29) is 0 Å². The molecule has 0 bridgehead atoms. The molecule has 1 aliphatic heterocycles. The smallest absolute Gasteiger partial charge is 0.123 e. The fraction of sp³-hybridized carbons (Fsp3) is 0.700. The van der Waals surface area contributed by atoms with Crippen molar-refractivity contribution in [1.29, 1.82) is 0 Å². The minimum atomic E-state index is 0.302. The summed E-state index contributed by atoms with van der Waals surface area (Å²) in [7, 11) is 0. The number of hydrogen-bond acceptors (Lipinski definition) is 2. The summed E-state index contributed by atoms with van der Waals surface area (Å²) in [5.41, 5.74) is 0. The first-order chi connectivity index (χ1) is 5.86. The highest BCUT2D eigenvalue weighted by molar-refractivity contribution is 5.53. The van der Waals surface area contributed by atoms with Gasteiger partial charge in [0, 0.05) is 5.92 Å². The molecule has 0 aromatic heterocycles. The molecule has 0 spiro atoms. The second-order valence-corrected chi connectivity index (χ2v) is 3.18. The van der Waals surface area contributed by atoms with Gasteiger partial charge in [0.1, 0.15) is 6.29 Å². The molecule has 0 saturated carbocycles. The third kappa shape index (κ3) is 2.67. The molecule has 1 saturated heterocycles. The summed E-state index contributed by atoms with van der Waals surface area (Å²) in [6.07, 6.45) is 3.10. The zero-order valence-electron chi connectivity index (χ0n) is 7.55. The van der Waals surface area contributed by atoms with Crippen LogP contribution in [0.2, 0.25) is 0 Å². The molecule has 0 amide bonds. The Labute approximate surface area is 73.9 Å². The first-order valence-electron chi connectivity index (χ1n) is 4.44. The van der Waals surface area contributed by atoms with Crippen LogP contribution in [0.5, 0.6) is 0 Å². The number of rotatable bonds is 2. The van der Waals surface area contributed by atoms with E-state index < -0.39 is 0 Å². The maximum atomic E-state index is 10.4. The van der Waals surface area contributed by atoms with Gasteiger partial charge in [0.15, 0.2) is 0 Å². The van der Waals surface area contributed by atoms with Gasteiger partial charge in [-0.1, -0.05) is 5.92 Å². The minimum Gasteiger partial charge on any atom is -0.303 e. The van der Waals surface area contributed by atoms with Gasteiger partial charge in [0.25, 0.3) is 0 Å². The number of likely N-dealkylation sites (tertiary alicyclic amines) is 1. The van der Waals surface area contributed by atoms with Crippen molar-refractivity contribution >= 4 is 6.29 Å². The summed E-state index contributed by atoms with van der Waals surface area (Å²) in [5, 5.41) is 0. The Morgan fingerprint density at radius 2 is 2.17 bits per heavy atom. The number of piperidine rings is 1. The van der Waals surface area contributed by atoms with Crippen LogP contribution in [0.25, 0.3) is 0 Å². The summed E-state index contributed by atoms with van der Waals surface area (Å²) in [5.74, 6) is 6.22. The van der Waals surface area contributed by atoms with Crippen LogP contribution in [-0.2, 0) is 4.79 Å². The van der Waals surface area contributed by atoms with E-state index in [0.717, 1.165) is 38.8 Å². The van der Waals surface area contributed by atoms with Crippen LogP contribution in [0, 0.1) is 17.8 Å². The Morgan fingerprint density at radius 3 is 2.67 bits per heavy atom. The number of hydrogen-bond donors (Lipinski definition) is 0. The molecule has 2 heteroatoms. The van der Waals surface area contributed by atoms with E-state index in [9.17, 15) is 4.79 Å². The first kappa shape index (κ1) is 9.28. The lowest BCUT2D eigenvalue weighted by atomic mass is 9.99. The van der Waals surface area contributed by atoms with Crippen molar-refractivity contribution in [2.75, 3.05) is 19.6 Å². The van der Waals surface area contributed by atoms with Crippen LogP contribution in [0.4, 0.5) is 0 Å². The lowest BCUT2D eigenvalue weighted by molar-refractivity contribution is -0.112. The second kappa shape index (κ2) is 4.95. The highest BCUT2D eigenvalue weighted by Crippen LogP contribution is 2.13. The van der Waals surface area contributed by atoms with Crippen LogP contribution in [0.15, 0.2) is 0 Å². The van der Waals surface area contributed by atoms with E-state index in [0.29, 0.717) is 5.92 Å². The quantitative estimate of drug-likeness (QED) is 0.448. The Kier molecular flexibility index (Phi) is 3.83. The molecule has 12 heavy (non-hydrogen) atoms. The summed E-state index contributed by atoms with van der Waals surface area (Å²) in [4.78, 5) is 12.7. The average molecular weight is 165 g/mol. The first-order valence-corrected chi connectivity index (χ1v) is 4.44. The van der Waals surface area contributed by atoms with Gasteiger partial charge < -0.3 is 4.79 Å². The van der Waals surface area contributed by atoms with Crippen molar-refractivity contribution in [3.8, 4) is 11.8 Å². The van der Waals surface area contributed by atoms with Gasteiger partial charge in [-0.05, 0) is 32.9 Å². The molecular formula is C10H15NO. The van der Waals surface area contributed by atoms with Crippen molar-refractivity contribution < 1.29 is 4.79 Å². The van der Waals surface area contributed by atoms with E-state index in [4.69, 9.17) is 0 Å². The van der Waals surface area contributed by atoms with Crippen molar-refractivity contribution in [2.45, 2.75) is 19.8 Å². The van der Waals surface area contributed by atoms with Gasteiger partial charge in [0.05, 0.1) is 6.54 Å². The van der Waals surface area contributed by atoms with E-state index in [1.807, 2.05) is 6.92 Å². The molecule has 1 aliphatic rings. The molecule has 1 fully saturated rings. The third-order valence-corrected chi connectivity index (χ3v) is 2.30. The molecule has 0 aromatic rings. The Bertz CT molecular complexity index is 194. The van der Waals surface area contributed by atoms with Crippen molar-refractivity contribution in [3.63, 3.8) is 0 Å². The molecule has 1 rings (SSSR count). The fourth-order valence-corrected chi connectivity index (χ4v) is 1.44. The molecule has 1 heterocycles. The summed E-state index contributed by atoms with van der Waals surface area (Å²) < 4.78 is 0. The van der Waals surface area contributed by atoms with E-state index in [1.54, 1.807) is 0 Å². The predicted molar refractivity (Wildman–Crippen MR) is 48.7 cm³/mol. The van der Waals surface area contributed by atoms with Gasteiger partial charge in [-0.15, -0.1) is 5.92 Å². The molecule has 2 nitrogen and oxygen atoms in total. The van der Waals surface area contributed by atoms with E-state index >= 15 is 0 Å². The highest BCUT2D eigenvalue weighted by atomic mass is 16.1. The lowest BCUT2D eigenvalue weighted by Gasteiger charge is -2.27. The topological polar surface area (TPSA) is 20.3 Å². The van der Waals surface area contributed by atoms with Gasteiger partial charge in [0.2, 0.25) is 0 Å². The molecule has 0 aromatic carbocycles. The largest absolute Gasteiger partial charge is 0.303 e. The zero-order valence-corrected chi connectivity index (χ0v) is 7.55. The zero-order chi connectivity index (χ0) is 8.81. The molecule has 0 unspecified atom stereocenters. The Hall–Kier alpha value is -0.810. The van der Waals surface area contributed by atoms with Crippen molar-refractivity contribution in [1.82, 2.24) is 4.90 Å². The summed E-state index contributed by atoms with van der Waals surface area (Å²) in [6, 6.07) is 0. The number of carbonyl (C=O) groups excluding carboxylic acids is 1. The van der Waals surface area contributed by atoms with Crippen molar-refractivity contribution in [3.05, 3.63) is 0 Å². The number of carbonyl (C=O) groups is 1. The lowest BCUT2D eigenvalue weighted by Crippen LogP contribution is -2.34. The van der Waals surface area contributed by atoms with Crippen molar-refractivity contribution in [2.24, 2.45) is 5.92 Å². The number of nitrogens with zero attached hydrogens (tertiary/aromatic N) is 1. The Morgan fingerprint density at radius 1 is 1.50 bits per heavy atom. The maximum Gasteiger partial charge on any atom is 0.123 e. The standard InChI is InChI=1S/C10H15NO/c1-2-3-6-11-7-4-10(9-12)5-8-11/h9-10H,4-8H2,1H3. The monoisotopic (exact) mass is 165 g/mol. The van der Waals surface area contributed by atoms with Gasteiger partial charge in [-0.3, -0.25) is 4.90 Å². The maximum absolute atomic E-state index is 10.4. The summed E-state index contributed by atoms with van der Waals surface area (Å²) >= 11 is 0. The molecule has 0 radical (unpaired) electrons. The second-order valence-electron chi connectivity index (χ2n) is 3.18. The third-order valence-electron chi connectivity index (χ3n) is 2.30. The predicted octanol–water partition coefficient (Wildman–Crippen LogP) is 0.921. The van der Waals surface area contributed by atoms with Gasteiger partial charge in [-0.2, -0.15) is 0 Å². The van der Waals surface area contributed by atoms with Crippen LogP contribution < -0.4 is 0 Å². The molecule has 0 atom stereocenters. The molecule has 66 valence electrons. The minimum absolute atomic E-state index is 0.302. The van der Waals surface area contributed by atoms with Crippen LogP contribution in [-0.4, -0.2) is 30.8 Å². The normalized spacial score (nSPS) is 19.8. The fourth-order valence-electron chi connectivity index (χ4n) is 1.44. The SMILES string of the molecule is CC#CCN1CCC(C=O)CC1. The molecule has 0 aliphatic carbocycles. The summed E-state index contributed by atoms with van der Waals surface area (Å²) in [6.45, 7) is 4.77. The molecule has 0 N–H and O–H groups in total. The van der Waals surface area contributed by atoms with Crippen LogP contribution in [0.3, 0.4) is 0 Å². The highest BCUT2D eigenvalue weighted by Gasteiger charge is 2.16. The number of aldehydes is 1. The molecular weight excluding hydrogens is 150 g/mol. The van der Waals surface area contributed by atoms with Crippen LogP contribution in [0.1, 0.15) is 19.8 Å². The van der Waals surface area contributed by atoms with E-state index in [2.05, 4.69) is 16.7 Å².